The Kier molecular flexibility index (Phi) is 4.18. The molecule has 1 aliphatic carbocycles. The van der Waals surface area contributed by atoms with E-state index < -0.39 is 0 Å². The molecule has 0 spiro atoms. The van der Waals surface area contributed by atoms with Crippen molar-refractivity contribution in [1.82, 2.24) is 15.5 Å². The van der Waals surface area contributed by atoms with Crippen molar-refractivity contribution in [2.75, 3.05) is 33.7 Å². The number of hydrogen-bond acceptors (Lipinski definition) is 3. The van der Waals surface area contributed by atoms with Gasteiger partial charge in [0.25, 0.3) is 0 Å². The van der Waals surface area contributed by atoms with E-state index in [1.807, 2.05) is 0 Å². The molecule has 76 valence electrons. The Hall–Kier alpha value is -0.610. The lowest BCUT2D eigenvalue weighted by atomic mass is 10.5. The van der Waals surface area contributed by atoms with Crippen LogP contribution in [-0.2, 0) is 4.79 Å². The Morgan fingerprint density at radius 3 is 2.77 bits per heavy atom. The van der Waals surface area contributed by atoms with Crippen molar-refractivity contribution in [3.8, 4) is 0 Å². The van der Waals surface area contributed by atoms with Crippen molar-refractivity contribution >= 4 is 5.91 Å². The van der Waals surface area contributed by atoms with E-state index in [2.05, 4.69) is 22.6 Å². The van der Waals surface area contributed by atoms with Gasteiger partial charge in [-0.1, -0.05) is 0 Å². The van der Waals surface area contributed by atoms with Crippen molar-refractivity contribution in [2.45, 2.75) is 18.9 Å². The molecule has 0 aromatic heterocycles. The van der Waals surface area contributed by atoms with Gasteiger partial charge in [-0.05, 0) is 19.9 Å². The number of nitrogens with zero attached hydrogens (tertiary/aromatic N) is 1. The minimum atomic E-state index is 0.0501. The van der Waals surface area contributed by atoms with Gasteiger partial charge in [0.1, 0.15) is 0 Å². The molecule has 0 radical (unpaired) electrons. The van der Waals surface area contributed by atoms with Gasteiger partial charge in [-0.25, -0.2) is 0 Å². The summed E-state index contributed by atoms with van der Waals surface area (Å²) in [7, 11) is 3.79. The van der Waals surface area contributed by atoms with Gasteiger partial charge < -0.3 is 15.5 Å². The van der Waals surface area contributed by atoms with E-state index in [1.54, 1.807) is 7.05 Å². The van der Waals surface area contributed by atoms with E-state index in [4.69, 9.17) is 0 Å². The minimum Gasteiger partial charge on any atom is -0.358 e. The predicted molar refractivity (Wildman–Crippen MR) is 52.6 cm³/mol. The zero-order valence-electron chi connectivity index (χ0n) is 8.47. The standard InChI is InChI=1S/C9H19N3O/c1-10-9(13)7-11-5-6-12(2)8-3-4-8/h8,11H,3-7H2,1-2H3,(H,10,13). The average Bonchev–Trinajstić information content (AvgIpc) is 2.94. The fraction of sp³-hybridized carbons (Fsp3) is 0.889. The maximum Gasteiger partial charge on any atom is 0.233 e. The third-order valence-electron chi connectivity index (χ3n) is 2.38. The molecular weight excluding hydrogens is 166 g/mol. The smallest absolute Gasteiger partial charge is 0.233 e. The molecule has 0 saturated heterocycles. The van der Waals surface area contributed by atoms with E-state index in [0.717, 1.165) is 19.1 Å². The molecule has 1 amide bonds. The van der Waals surface area contributed by atoms with Crippen LogP contribution in [0.25, 0.3) is 0 Å². The van der Waals surface area contributed by atoms with Gasteiger partial charge in [0.15, 0.2) is 0 Å². The summed E-state index contributed by atoms with van der Waals surface area (Å²) in [6.45, 7) is 2.34. The van der Waals surface area contributed by atoms with E-state index >= 15 is 0 Å². The number of likely N-dealkylation sites (N-methyl/N-ethyl adjacent to an activating group) is 2. The first-order valence-electron chi connectivity index (χ1n) is 4.85. The highest BCUT2D eigenvalue weighted by molar-refractivity contribution is 5.77. The SMILES string of the molecule is CNC(=O)CNCCN(C)C1CC1. The maximum absolute atomic E-state index is 10.8. The van der Waals surface area contributed by atoms with Crippen molar-refractivity contribution < 1.29 is 4.79 Å². The maximum atomic E-state index is 10.8. The van der Waals surface area contributed by atoms with Gasteiger partial charge in [-0.15, -0.1) is 0 Å². The fourth-order valence-electron chi connectivity index (χ4n) is 1.24. The van der Waals surface area contributed by atoms with Crippen LogP contribution in [0.4, 0.5) is 0 Å². The van der Waals surface area contributed by atoms with Gasteiger partial charge >= 0.3 is 0 Å². The molecule has 2 N–H and O–H groups in total. The number of amides is 1. The Bertz CT molecular complexity index is 168. The summed E-state index contributed by atoms with van der Waals surface area (Å²) in [5, 5.41) is 5.67. The molecule has 0 bridgehead atoms. The summed E-state index contributed by atoms with van der Waals surface area (Å²) in [6.07, 6.45) is 2.68. The Labute approximate surface area is 79.7 Å². The lowest BCUT2D eigenvalue weighted by Crippen LogP contribution is -2.36. The molecule has 1 fully saturated rings. The van der Waals surface area contributed by atoms with Gasteiger partial charge in [0, 0.05) is 26.2 Å². The highest BCUT2D eigenvalue weighted by atomic mass is 16.1. The van der Waals surface area contributed by atoms with Crippen LogP contribution in [0.5, 0.6) is 0 Å². The summed E-state index contributed by atoms with van der Waals surface area (Å²) in [5.41, 5.74) is 0. The van der Waals surface area contributed by atoms with E-state index in [1.165, 1.54) is 12.8 Å². The van der Waals surface area contributed by atoms with Crippen LogP contribution >= 0.6 is 0 Å². The molecule has 0 heterocycles. The molecule has 13 heavy (non-hydrogen) atoms. The Morgan fingerprint density at radius 1 is 1.54 bits per heavy atom. The summed E-state index contributed by atoms with van der Waals surface area (Å²) < 4.78 is 0. The summed E-state index contributed by atoms with van der Waals surface area (Å²) >= 11 is 0. The van der Waals surface area contributed by atoms with Crippen LogP contribution in [0.1, 0.15) is 12.8 Å². The zero-order chi connectivity index (χ0) is 9.68. The van der Waals surface area contributed by atoms with Crippen molar-refractivity contribution in [2.24, 2.45) is 0 Å². The van der Waals surface area contributed by atoms with Gasteiger partial charge in [-0.2, -0.15) is 0 Å². The number of carbonyl (C=O) groups excluding carboxylic acids is 1. The molecule has 4 nitrogen and oxygen atoms in total. The predicted octanol–water partition coefficient (Wildman–Crippen LogP) is -0.584. The number of nitrogens with one attached hydrogen (secondary N) is 2. The first-order valence-corrected chi connectivity index (χ1v) is 4.85. The van der Waals surface area contributed by atoms with E-state index in [9.17, 15) is 4.79 Å². The molecule has 0 unspecified atom stereocenters. The molecule has 1 rings (SSSR count). The lowest BCUT2D eigenvalue weighted by Gasteiger charge is -2.15. The largest absolute Gasteiger partial charge is 0.358 e. The van der Waals surface area contributed by atoms with Crippen LogP contribution in [0.3, 0.4) is 0 Å². The van der Waals surface area contributed by atoms with E-state index in [-0.39, 0.29) is 5.91 Å². The third-order valence-corrected chi connectivity index (χ3v) is 2.38. The second kappa shape index (κ2) is 5.19. The fourth-order valence-corrected chi connectivity index (χ4v) is 1.24. The summed E-state index contributed by atoms with van der Waals surface area (Å²) in [5.74, 6) is 0.0501. The molecule has 4 heteroatoms. The van der Waals surface area contributed by atoms with Gasteiger partial charge in [-0.3, -0.25) is 4.79 Å². The zero-order valence-corrected chi connectivity index (χ0v) is 8.47. The molecule has 0 aliphatic heterocycles. The topological polar surface area (TPSA) is 44.4 Å². The number of carbonyl (C=O) groups is 1. The van der Waals surface area contributed by atoms with Crippen LogP contribution in [0.15, 0.2) is 0 Å². The number of rotatable bonds is 6. The van der Waals surface area contributed by atoms with Crippen molar-refractivity contribution in [1.29, 1.82) is 0 Å². The van der Waals surface area contributed by atoms with Crippen molar-refractivity contribution in [3.05, 3.63) is 0 Å². The molecule has 0 atom stereocenters. The van der Waals surface area contributed by atoms with Crippen LogP contribution in [-0.4, -0.2) is 50.6 Å². The Morgan fingerprint density at radius 2 is 2.23 bits per heavy atom. The highest BCUT2D eigenvalue weighted by Crippen LogP contribution is 2.24. The second-order valence-corrected chi connectivity index (χ2v) is 3.56. The third kappa shape index (κ3) is 4.24. The molecule has 0 aromatic rings. The first-order chi connectivity index (χ1) is 6.24. The van der Waals surface area contributed by atoms with Gasteiger partial charge in [0.2, 0.25) is 5.91 Å². The molecule has 1 aliphatic rings. The summed E-state index contributed by atoms with van der Waals surface area (Å²) in [4.78, 5) is 13.2. The molecular formula is C9H19N3O. The first kappa shape index (κ1) is 10.5. The average molecular weight is 185 g/mol. The number of hydrogen-bond donors (Lipinski definition) is 2. The Balaban J connectivity index is 1.91. The van der Waals surface area contributed by atoms with E-state index in [0.29, 0.717) is 6.54 Å². The van der Waals surface area contributed by atoms with Crippen LogP contribution in [0.2, 0.25) is 0 Å². The monoisotopic (exact) mass is 185 g/mol. The van der Waals surface area contributed by atoms with Crippen molar-refractivity contribution in [3.63, 3.8) is 0 Å². The van der Waals surface area contributed by atoms with Crippen LogP contribution in [0, 0.1) is 0 Å². The lowest BCUT2D eigenvalue weighted by molar-refractivity contribution is -0.119. The van der Waals surface area contributed by atoms with Crippen LogP contribution < -0.4 is 10.6 Å². The molecule has 1 saturated carbocycles. The van der Waals surface area contributed by atoms with Gasteiger partial charge in [0.05, 0.1) is 6.54 Å². The quantitative estimate of drug-likeness (QED) is 0.544. The normalized spacial score (nSPS) is 16.2. The summed E-state index contributed by atoms with van der Waals surface area (Å²) in [6, 6.07) is 0.807. The second-order valence-electron chi connectivity index (χ2n) is 3.56. The minimum absolute atomic E-state index is 0.0501. The highest BCUT2D eigenvalue weighted by Gasteiger charge is 2.25. The molecule has 0 aromatic carbocycles.